The Morgan fingerprint density at radius 3 is 2.47 bits per heavy atom. The van der Waals surface area contributed by atoms with E-state index in [4.69, 9.17) is 17.0 Å². The number of rotatable bonds is 3. The van der Waals surface area contributed by atoms with E-state index in [1.807, 2.05) is 71.6 Å². The fraction of sp³-hybridized carbons (Fsp3) is 0. The van der Waals surface area contributed by atoms with Crippen molar-refractivity contribution >= 4 is 12.2 Å². The molecule has 0 bridgehead atoms. The number of nitrogens with one attached hydrogen (secondary N) is 1. The molecule has 0 unspecified atom stereocenters. The molecule has 0 saturated heterocycles. The van der Waals surface area contributed by atoms with Crippen molar-refractivity contribution in [2.75, 3.05) is 0 Å². The minimum absolute atomic E-state index is 0.664. The van der Waals surface area contributed by atoms with Gasteiger partial charge < -0.3 is 9.72 Å². The normalized spacial score (nSPS) is 10.3. The Hall–Kier alpha value is -2.33. The molecule has 3 aromatic rings. The van der Waals surface area contributed by atoms with Crippen LogP contribution in [0.1, 0.15) is 0 Å². The number of aromatic amines is 1. The highest BCUT2D eigenvalue weighted by atomic mass is 32.1. The number of ether oxygens (including phenoxy) is 1. The number of hydrogen-bond acceptors (Lipinski definition) is 2. The van der Waals surface area contributed by atoms with Crippen molar-refractivity contribution < 1.29 is 4.74 Å². The van der Waals surface area contributed by atoms with Crippen molar-refractivity contribution in [2.45, 2.75) is 0 Å². The van der Waals surface area contributed by atoms with Crippen LogP contribution in [0.5, 0.6) is 11.5 Å². The topological polar surface area (TPSA) is 29.9 Å². The van der Waals surface area contributed by atoms with Crippen LogP contribution in [-0.2, 0) is 0 Å². The minimum atomic E-state index is 0.664. The third-order valence-corrected chi connectivity index (χ3v) is 3.04. The van der Waals surface area contributed by atoms with E-state index in [2.05, 4.69) is 4.98 Å². The number of imidazole rings is 1. The number of para-hydroxylation sites is 1. The first-order valence-corrected chi connectivity index (χ1v) is 6.33. The molecule has 94 valence electrons. The zero-order chi connectivity index (χ0) is 13.1. The lowest BCUT2D eigenvalue weighted by atomic mass is 10.3. The summed E-state index contributed by atoms with van der Waals surface area (Å²) in [6.07, 6.45) is 3.71. The summed E-state index contributed by atoms with van der Waals surface area (Å²) in [6, 6.07) is 17.5. The van der Waals surface area contributed by atoms with Gasteiger partial charge in [-0.1, -0.05) is 24.3 Å². The molecule has 0 fully saturated rings. The molecule has 0 spiro atoms. The lowest BCUT2D eigenvalue weighted by molar-refractivity contribution is 0.482. The molecular formula is C15H12N2OS. The number of H-pyrrole nitrogens is 1. The number of benzene rings is 2. The second kappa shape index (κ2) is 5.12. The summed E-state index contributed by atoms with van der Waals surface area (Å²) >= 11 is 5.21. The molecule has 0 aliphatic heterocycles. The summed E-state index contributed by atoms with van der Waals surface area (Å²) in [7, 11) is 0. The number of aromatic nitrogens is 2. The highest BCUT2D eigenvalue weighted by Gasteiger charge is 2.01. The lowest BCUT2D eigenvalue weighted by Crippen LogP contribution is -1.92. The highest BCUT2D eigenvalue weighted by Crippen LogP contribution is 2.23. The fourth-order valence-electron chi connectivity index (χ4n) is 1.85. The SMILES string of the molecule is S=c1[nH]ccn1-c1cccc(Oc2ccccc2)c1. The largest absolute Gasteiger partial charge is 0.457 e. The smallest absolute Gasteiger partial charge is 0.181 e. The number of nitrogens with zero attached hydrogens (tertiary/aromatic N) is 1. The zero-order valence-corrected chi connectivity index (χ0v) is 10.9. The quantitative estimate of drug-likeness (QED) is 0.717. The van der Waals surface area contributed by atoms with Gasteiger partial charge in [0.05, 0.1) is 5.69 Å². The summed E-state index contributed by atoms with van der Waals surface area (Å²) in [4.78, 5) is 2.97. The molecule has 0 aliphatic carbocycles. The van der Waals surface area contributed by atoms with Gasteiger partial charge in [-0.25, -0.2) is 0 Å². The molecule has 2 aromatic carbocycles. The maximum Gasteiger partial charge on any atom is 0.181 e. The fourth-order valence-corrected chi connectivity index (χ4v) is 2.08. The molecule has 0 saturated carbocycles. The molecule has 0 aliphatic rings. The van der Waals surface area contributed by atoms with Crippen LogP contribution in [0.4, 0.5) is 0 Å². The standard InChI is InChI=1S/C15H12N2OS/c19-15-16-9-10-17(15)12-5-4-8-14(11-12)18-13-6-2-1-3-7-13/h1-11H,(H,16,19). The van der Waals surface area contributed by atoms with Crippen LogP contribution in [0, 0.1) is 4.77 Å². The van der Waals surface area contributed by atoms with Crippen molar-refractivity contribution in [3.8, 4) is 17.2 Å². The molecule has 3 rings (SSSR count). The van der Waals surface area contributed by atoms with Gasteiger partial charge >= 0.3 is 0 Å². The summed E-state index contributed by atoms with van der Waals surface area (Å²) in [6.45, 7) is 0. The molecule has 0 amide bonds. The van der Waals surface area contributed by atoms with Crippen molar-refractivity contribution in [3.63, 3.8) is 0 Å². The van der Waals surface area contributed by atoms with Crippen LogP contribution in [0.15, 0.2) is 67.0 Å². The van der Waals surface area contributed by atoms with Gasteiger partial charge in [0.25, 0.3) is 0 Å². The average molecular weight is 268 g/mol. The summed E-state index contributed by atoms with van der Waals surface area (Å²) < 4.78 is 8.36. The predicted octanol–water partition coefficient (Wildman–Crippen LogP) is 4.33. The third kappa shape index (κ3) is 2.58. The van der Waals surface area contributed by atoms with Crippen molar-refractivity contribution in [1.82, 2.24) is 9.55 Å². The summed E-state index contributed by atoms with van der Waals surface area (Å²) in [5.41, 5.74) is 0.972. The first-order valence-electron chi connectivity index (χ1n) is 5.92. The van der Waals surface area contributed by atoms with Crippen LogP contribution >= 0.6 is 12.2 Å². The van der Waals surface area contributed by atoms with Crippen LogP contribution in [0.2, 0.25) is 0 Å². The third-order valence-electron chi connectivity index (χ3n) is 2.72. The minimum Gasteiger partial charge on any atom is -0.457 e. The average Bonchev–Trinajstić information content (AvgIpc) is 2.86. The van der Waals surface area contributed by atoms with Gasteiger partial charge in [0.15, 0.2) is 4.77 Å². The van der Waals surface area contributed by atoms with Crippen molar-refractivity contribution in [1.29, 1.82) is 0 Å². The zero-order valence-electron chi connectivity index (χ0n) is 10.1. The van der Waals surface area contributed by atoms with E-state index in [0.29, 0.717) is 4.77 Å². The van der Waals surface area contributed by atoms with Gasteiger partial charge in [0, 0.05) is 18.5 Å². The maximum atomic E-state index is 5.80. The molecule has 1 aromatic heterocycles. The van der Waals surface area contributed by atoms with E-state index < -0.39 is 0 Å². The van der Waals surface area contributed by atoms with E-state index in [1.54, 1.807) is 0 Å². The lowest BCUT2D eigenvalue weighted by Gasteiger charge is -2.08. The summed E-state index contributed by atoms with van der Waals surface area (Å²) in [5, 5.41) is 0. The van der Waals surface area contributed by atoms with E-state index in [0.717, 1.165) is 17.2 Å². The molecular weight excluding hydrogens is 256 g/mol. The Morgan fingerprint density at radius 2 is 1.74 bits per heavy atom. The van der Waals surface area contributed by atoms with Gasteiger partial charge in [0.2, 0.25) is 0 Å². The van der Waals surface area contributed by atoms with E-state index in [1.165, 1.54) is 0 Å². The first-order chi connectivity index (χ1) is 9.33. The Morgan fingerprint density at radius 1 is 0.947 bits per heavy atom. The van der Waals surface area contributed by atoms with Crippen molar-refractivity contribution in [2.24, 2.45) is 0 Å². The van der Waals surface area contributed by atoms with Crippen LogP contribution in [0.3, 0.4) is 0 Å². The molecule has 3 nitrogen and oxygen atoms in total. The van der Waals surface area contributed by atoms with Gasteiger partial charge in [-0.15, -0.1) is 0 Å². The van der Waals surface area contributed by atoms with E-state index >= 15 is 0 Å². The monoisotopic (exact) mass is 268 g/mol. The van der Waals surface area contributed by atoms with Gasteiger partial charge in [-0.2, -0.15) is 0 Å². The highest BCUT2D eigenvalue weighted by molar-refractivity contribution is 7.71. The second-order valence-corrected chi connectivity index (χ2v) is 4.43. The molecule has 0 atom stereocenters. The Kier molecular flexibility index (Phi) is 3.16. The van der Waals surface area contributed by atoms with E-state index in [9.17, 15) is 0 Å². The van der Waals surface area contributed by atoms with Crippen LogP contribution in [-0.4, -0.2) is 9.55 Å². The maximum absolute atomic E-state index is 5.80. The van der Waals surface area contributed by atoms with Gasteiger partial charge in [-0.05, 0) is 36.5 Å². The second-order valence-electron chi connectivity index (χ2n) is 4.05. The Bertz CT molecular complexity index is 731. The van der Waals surface area contributed by atoms with Crippen LogP contribution < -0.4 is 4.74 Å². The van der Waals surface area contributed by atoms with Gasteiger partial charge in [-0.3, -0.25) is 4.57 Å². The molecule has 1 heterocycles. The van der Waals surface area contributed by atoms with Gasteiger partial charge in [0.1, 0.15) is 11.5 Å². The summed E-state index contributed by atoms with van der Waals surface area (Å²) in [5.74, 6) is 1.60. The molecule has 19 heavy (non-hydrogen) atoms. The first kappa shape index (κ1) is 11.7. The van der Waals surface area contributed by atoms with E-state index in [-0.39, 0.29) is 0 Å². The molecule has 0 radical (unpaired) electrons. The number of hydrogen-bond donors (Lipinski definition) is 1. The Balaban J connectivity index is 1.93. The predicted molar refractivity (Wildman–Crippen MR) is 77.5 cm³/mol. The molecule has 1 N–H and O–H groups in total. The molecule has 4 heteroatoms. The van der Waals surface area contributed by atoms with Crippen LogP contribution in [0.25, 0.3) is 5.69 Å². The Labute approximate surface area is 116 Å². The van der Waals surface area contributed by atoms with Crippen molar-refractivity contribution in [3.05, 3.63) is 71.8 Å².